The summed E-state index contributed by atoms with van der Waals surface area (Å²) in [5, 5.41) is 12.1. The molecular formula is C13H18N2O3S. The number of carbonyl (C=O) groups excluding carboxylic acids is 2. The summed E-state index contributed by atoms with van der Waals surface area (Å²) >= 11 is 1.41. The van der Waals surface area contributed by atoms with Gasteiger partial charge in [-0.25, -0.2) is 0 Å². The SMILES string of the molecule is Cc1ccc(C(=O)NCC(=O)N2CCC[C@H](O)C2)s1. The second kappa shape index (κ2) is 6.16. The summed E-state index contributed by atoms with van der Waals surface area (Å²) in [6.45, 7) is 2.95. The fraction of sp³-hybridized carbons (Fsp3) is 0.538. The van der Waals surface area contributed by atoms with Crippen LogP contribution < -0.4 is 5.32 Å². The van der Waals surface area contributed by atoms with Gasteiger partial charge in [-0.05, 0) is 31.9 Å². The van der Waals surface area contributed by atoms with Crippen molar-refractivity contribution in [2.75, 3.05) is 19.6 Å². The van der Waals surface area contributed by atoms with E-state index in [-0.39, 0.29) is 18.4 Å². The molecule has 1 fully saturated rings. The van der Waals surface area contributed by atoms with Gasteiger partial charge in [0.05, 0.1) is 17.5 Å². The lowest BCUT2D eigenvalue weighted by Gasteiger charge is -2.30. The lowest BCUT2D eigenvalue weighted by atomic mass is 10.1. The van der Waals surface area contributed by atoms with Crippen LogP contribution in [-0.4, -0.2) is 47.6 Å². The lowest BCUT2D eigenvalue weighted by molar-refractivity contribution is -0.133. The molecule has 5 nitrogen and oxygen atoms in total. The first-order chi connectivity index (χ1) is 9.06. The van der Waals surface area contributed by atoms with E-state index in [4.69, 9.17) is 0 Å². The second-order valence-electron chi connectivity index (χ2n) is 4.73. The molecule has 104 valence electrons. The molecule has 19 heavy (non-hydrogen) atoms. The van der Waals surface area contributed by atoms with Crippen molar-refractivity contribution in [1.29, 1.82) is 0 Å². The van der Waals surface area contributed by atoms with Crippen LogP contribution in [0.2, 0.25) is 0 Å². The number of likely N-dealkylation sites (tertiary alicyclic amines) is 1. The molecule has 6 heteroatoms. The summed E-state index contributed by atoms with van der Waals surface area (Å²) in [6, 6.07) is 3.63. The average Bonchev–Trinajstić information content (AvgIpc) is 2.82. The van der Waals surface area contributed by atoms with Crippen molar-refractivity contribution >= 4 is 23.2 Å². The standard InChI is InChI=1S/C13H18N2O3S/c1-9-4-5-11(19-9)13(18)14-7-12(17)15-6-2-3-10(16)8-15/h4-5,10,16H,2-3,6-8H2,1H3,(H,14,18)/t10-/m0/s1. The first-order valence-corrected chi connectivity index (χ1v) is 7.18. The van der Waals surface area contributed by atoms with Gasteiger partial charge in [-0.3, -0.25) is 9.59 Å². The largest absolute Gasteiger partial charge is 0.391 e. The van der Waals surface area contributed by atoms with Gasteiger partial charge in [0.1, 0.15) is 0 Å². The number of β-amino-alcohol motifs (C(OH)–C–C–N with tert-alkyl or cyclic N) is 1. The number of hydrogen-bond acceptors (Lipinski definition) is 4. The second-order valence-corrected chi connectivity index (χ2v) is 6.02. The number of aliphatic hydroxyl groups is 1. The van der Waals surface area contributed by atoms with Crippen LogP contribution in [0.1, 0.15) is 27.4 Å². The molecule has 1 saturated heterocycles. The topological polar surface area (TPSA) is 69.6 Å². The van der Waals surface area contributed by atoms with Gasteiger partial charge in [0.15, 0.2) is 0 Å². The zero-order chi connectivity index (χ0) is 13.8. The van der Waals surface area contributed by atoms with Crippen LogP contribution in [0.5, 0.6) is 0 Å². The van der Waals surface area contributed by atoms with Crippen LogP contribution in [0.15, 0.2) is 12.1 Å². The van der Waals surface area contributed by atoms with Gasteiger partial charge in [-0.2, -0.15) is 0 Å². The maximum Gasteiger partial charge on any atom is 0.261 e. The van der Waals surface area contributed by atoms with Crippen molar-refractivity contribution in [2.24, 2.45) is 0 Å². The van der Waals surface area contributed by atoms with E-state index in [9.17, 15) is 14.7 Å². The number of aryl methyl sites for hydroxylation is 1. The molecule has 1 aliphatic heterocycles. The fourth-order valence-corrected chi connectivity index (χ4v) is 2.88. The molecule has 2 rings (SSSR count). The van der Waals surface area contributed by atoms with E-state index in [1.165, 1.54) is 11.3 Å². The van der Waals surface area contributed by atoms with Crippen LogP contribution >= 0.6 is 11.3 Å². The summed E-state index contributed by atoms with van der Waals surface area (Å²) in [5.74, 6) is -0.357. The maximum atomic E-state index is 11.9. The third kappa shape index (κ3) is 3.78. The zero-order valence-corrected chi connectivity index (χ0v) is 11.7. The normalized spacial score (nSPS) is 19.3. The fourth-order valence-electron chi connectivity index (χ4n) is 2.09. The number of rotatable bonds is 3. The summed E-state index contributed by atoms with van der Waals surface area (Å²) in [4.78, 5) is 27.0. The molecule has 0 aromatic carbocycles. The van der Waals surface area contributed by atoms with Crippen LogP contribution in [0, 0.1) is 6.92 Å². The Hall–Kier alpha value is -1.40. The van der Waals surface area contributed by atoms with Crippen LogP contribution in [-0.2, 0) is 4.79 Å². The van der Waals surface area contributed by atoms with Crippen molar-refractivity contribution < 1.29 is 14.7 Å². The van der Waals surface area contributed by atoms with E-state index in [0.717, 1.165) is 17.7 Å². The third-order valence-electron chi connectivity index (χ3n) is 3.11. The highest BCUT2D eigenvalue weighted by molar-refractivity contribution is 7.13. The van der Waals surface area contributed by atoms with Gasteiger partial charge in [0, 0.05) is 18.0 Å². The number of nitrogens with one attached hydrogen (secondary N) is 1. The number of hydrogen-bond donors (Lipinski definition) is 2. The molecule has 2 heterocycles. The van der Waals surface area contributed by atoms with E-state index in [1.807, 2.05) is 13.0 Å². The highest BCUT2D eigenvalue weighted by Gasteiger charge is 2.22. The Morgan fingerprint density at radius 1 is 1.53 bits per heavy atom. The summed E-state index contributed by atoms with van der Waals surface area (Å²) in [6.07, 6.45) is 1.11. The number of amides is 2. The number of piperidine rings is 1. The van der Waals surface area contributed by atoms with Gasteiger partial charge < -0.3 is 15.3 Å². The Morgan fingerprint density at radius 2 is 2.32 bits per heavy atom. The Kier molecular flexibility index (Phi) is 4.55. The minimum absolute atomic E-state index is 0.0114. The number of aliphatic hydroxyl groups excluding tert-OH is 1. The molecular weight excluding hydrogens is 264 g/mol. The molecule has 0 saturated carbocycles. The average molecular weight is 282 g/mol. The number of thiophene rings is 1. The molecule has 0 aliphatic carbocycles. The summed E-state index contributed by atoms with van der Waals surface area (Å²) in [7, 11) is 0. The number of carbonyl (C=O) groups is 2. The minimum atomic E-state index is -0.437. The molecule has 1 aliphatic rings. The van der Waals surface area contributed by atoms with Crippen LogP contribution in [0.25, 0.3) is 0 Å². The quantitative estimate of drug-likeness (QED) is 0.860. The smallest absolute Gasteiger partial charge is 0.261 e. The molecule has 2 N–H and O–H groups in total. The summed E-state index contributed by atoms with van der Waals surface area (Å²) in [5.41, 5.74) is 0. The van der Waals surface area contributed by atoms with Crippen molar-refractivity contribution in [2.45, 2.75) is 25.9 Å². The predicted molar refractivity (Wildman–Crippen MR) is 73.2 cm³/mol. The van der Waals surface area contributed by atoms with Gasteiger partial charge in [0.25, 0.3) is 5.91 Å². The maximum absolute atomic E-state index is 11.9. The van der Waals surface area contributed by atoms with E-state index in [0.29, 0.717) is 18.0 Å². The van der Waals surface area contributed by atoms with Gasteiger partial charge >= 0.3 is 0 Å². The van der Waals surface area contributed by atoms with Crippen molar-refractivity contribution in [3.05, 3.63) is 21.9 Å². The van der Waals surface area contributed by atoms with Gasteiger partial charge in [-0.1, -0.05) is 0 Å². The predicted octanol–water partition coefficient (Wildman–Crippen LogP) is 0.770. The van der Waals surface area contributed by atoms with E-state index in [2.05, 4.69) is 5.32 Å². The van der Waals surface area contributed by atoms with Crippen LogP contribution in [0.3, 0.4) is 0 Å². The van der Waals surface area contributed by atoms with Gasteiger partial charge in [-0.15, -0.1) is 11.3 Å². The first kappa shape index (κ1) is 14.0. The van der Waals surface area contributed by atoms with Crippen LogP contribution in [0.4, 0.5) is 0 Å². The van der Waals surface area contributed by atoms with Crippen molar-refractivity contribution in [3.63, 3.8) is 0 Å². The summed E-state index contributed by atoms with van der Waals surface area (Å²) < 4.78 is 0. The lowest BCUT2D eigenvalue weighted by Crippen LogP contribution is -2.46. The monoisotopic (exact) mass is 282 g/mol. The highest BCUT2D eigenvalue weighted by Crippen LogP contribution is 2.14. The van der Waals surface area contributed by atoms with Crippen molar-refractivity contribution in [1.82, 2.24) is 10.2 Å². The highest BCUT2D eigenvalue weighted by atomic mass is 32.1. The molecule has 0 spiro atoms. The molecule has 1 aromatic rings. The van der Waals surface area contributed by atoms with E-state index < -0.39 is 6.10 Å². The Labute approximate surface area is 116 Å². The Bertz CT molecular complexity index is 472. The molecule has 1 atom stereocenters. The van der Waals surface area contributed by atoms with E-state index >= 15 is 0 Å². The molecule has 0 bridgehead atoms. The third-order valence-corrected chi connectivity index (χ3v) is 4.11. The molecule has 0 unspecified atom stereocenters. The van der Waals surface area contributed by atoms with Gasteiger partial charge in [0.2, 0.25) is 5.91 Å². The first-order valence-electron chi connectivity index (χ1n) is 6.37. The number of nitrogens with zero attached hydrogens (tertiary/aromatic N) is 1. The Morgan fingerprint density at radius 3 is 2.95 bits per heavy atom. The minimum Gasteiger partial charge on any atom is -0.391 e. The molecule has 0 radical (unpaired) electrons. The zero-order valence-electron chi connectivity index (χ0n) is 10.9. The van der Waals surface area contributed by atoms with E-state index in [1.54, 1.807) is 11.0 Å². The Balaban J connectivity index is 1.81. The van der Waals surface area contributed by atoms with Crippen molar-refractivity contribution in [3.8, 4) is 0 Å². The molecule has 1 aromatic heterocycles. The molecule has 2 amide bonds.